The normalized spacial score (nSPS) is 10.9. The molecule has 4 aromatic rings. The Labute approximate surface area is 139 Å². The molecular weight excluding hydrogens is 300 g/mol. The van der Waals surface area contributed by atoms with Crippen molar-refractivity contribution in [3.8, 4) is 11.4 Å². The van der Waals surface area contributed by atoms with Crippen LogP contribution in [0.5, 0.6) is 0 Å². The van der Waals surface area contributed by atoms with Crippen LogP contribution in [-0.4, -0.2) is 19.4 Å². The number of nitrogens with two attached hydrogens (primary N) is 1. The number of nitrogens with zero attached hydrogens (tertiary/aromatic N) is 4. The lowest BCUT2D eigenvalue weighted by Gasteiger charge is -2.08. The van der Waals surface area contributed by atoms with Gasteiger partial charge in [0.15, 0.2) is 0 Å². The molecule has 3 aromatic heterocycles. The molecule has 0 fully saturated rings. The van der Waals surface area contributed by atoms with E-state index in [4.69, 9.17) is 5.73 Å². The Morgan fingerprint density at radius 1 is 1.00 bits per heavy atom. The van der Waals surface area contributed by atoms with Crippen molar-refractivity contribution in [3.05, 3.63) is 66.7 Å². The van der Waals surface area contributed by atoms with E-state index in [-0.39, 0.29) is 0 Å². The lowest BCUT2D eigenvalue weighted by atomic mass is 10.2. The number of anilines is 3. The molecule has 0 aliphatic heterocycles. The zero-order chi connectivity index (χ0) is 16.5. The molecule has 0 aliphatic carbocycles. The molecule has 0 spiro atoms. The lowest BCUT2D eigenvalue weighted by molar-refractivity contribution is 1.13. The van der Waals surface area contributed by atoms with Crippen LogP contribution < -0.4 is 11.1 Å². The number of aromatic nitrogens is 4. The van der Waals surface area contributed by atoms with Crippen molar-refractivity contribution in [2.45, 2.75) is 6.92 Å². The molecule has 24 heavy (non-hydrogen) atoms. The highest BCUT2D eigenvalue weighted by molar-refractivity contribution is 5.66. The van der Waals surface area contributed by atoms with E-state index < -0.39 is 0 Å². The summed E-state index contributed by atoms with van der Waals surface area (Å²) >= 11 is 0. The second kappa shape index (κ2) is 5.66. The van der Waals surface area contributed by atoms with Crippen molar-refractivity contribution in [1.29, 1.82) is 0 Å². The summed E-state index contributed by atoms with van der Waals surface area (Å²) in [6.45, 7) is 1.98. The van der Waals surface area contributed by atoms with Crippen molar-refractivity contribution < 1.29 is 0 Å². The van der Waals surface area contributed by atoms with Gasteiger partial charge in [-0.25, -0.2) is 9.97 Å². The zero-order valence-electron chi connectivity index (χ0n) is 13.1. The maximum atomic E-state index is 5.71. The third kappa shape index (κ3) is 2.54. The number of aryl methyl sites for hydroxylation is 1. The summed E-state index contributed by atoms with van der Waals surface area (Å²) in [6, 6.07) is 13.4. The number of benzene rings is 1. The minimum atomic E-state index is 0.669. The number of rotatable bonds is 3. The molecule has 4 rings (SSSR count). The number of fused-ring (bicyclic) bond motifs is 1. The molecule has 3 N–H and O–H groups in total. The Balaban J connectivity index is 1.74. The maximum Gasteiger partial charge on any atom is 0.149 e. The standard InChI is InChI=1S/C18H16N6/c1-12-18(24-9-3-2-4-17(24)21-12)15-10-20-11-16(23-15)22-14-7-5-13(19)6-8-14/h2-11H,19H2,1H3,(H,22,23). The molecule has 6 heteroatoms. The molecule has 0 saturated carbocycles. The lowest BCUT2D eigenvalue weighted by Crippen LogP contribution is -1.98. The van der Waals surface area contributed by atoms with Gasteiger partial charge >= 0.3 is 0 Å². The van der Waals surface area contributed by atoms with Crippen LogP contribution in [0.3, 0.4) is 0 Å². The monoisotopic (exact) mass is 316 g/mol. The molecular formula is C18H16N6. The van der Waals surface area contributed by atoms with Crippen molar-refractivity contribution in [1.82, 2.24) is 19.4 Å². The Hall–Kier alpha value is -3.41. The summed E-state index contributed by atoms with van der Waals surface area (Å²) in [7, 11) is 0. The van der Waals surface area contributed by atoms with Crippen LogP contribution in [0.2, 0.25) is 0 Å². The minimum absolute atomic E-state index is 0.669. The van der Waals surface area contributed by atoms with Crippen molar-refractivity contribution >= 4 is 22.8 Å². The Bertz CT molecular complexity index is 1000. The van der Waals surface area contributed by atoms with E-state index in [2.05, 4.69) is 20.3 Å². The fourth-order valence-electron chi connectivity index (χ4n) is 2.68. The van der Waals surface area contributed by atoms with Crippen molar-refractivity contribution in [2.75, 3.05) is 11.1 Å². The largest absolute Gasteiger partial charge is 0.399 e. The minimum Gasteiger partial charge on any atom is -0.399 e. The van der Waals surface area contributed by atoms with Crippen LogP contribution in [0.15, 0.2) is 61.1 Å². The quantitative estimate of drug-likeness (QED) is 0.566. The molecule has 1 aromatic carbocycles. The van der Waals surface area contributed by atoms with Crippen LogP contribution in [0.4, 0.5) is 17.2 Å². The third-order valence-electron chi connectivity index (χ3n) is 3.76. The third-order valence-corrected chi connectivity index (χ3v) is 3.76. The van der Waals surface area contributed by atoms with Gasteiger partial charge in [-0.2, -0.15) is 0 Å². The first kappa shape index (κ1) is 14.2. The summed E-state index contributed by atoms with van der Waals surface area (Å²) in [4.78, 5) is 13.6. The van der Waals surface area contributed by atoms with Crippen molar-refractivity contribution in [2.24, 2.45) is 0 Å². The summed E-state index contributed by atoms with van der Waals surface area (Å²) < 4.78 is 2.02. The molecule has 3 heterocycles. The van der Waals surface area contributed by atoms with Gasteiger partial charge in [0.05, 0.1) is 23.8 Å². The smallest absolute Gasteiger partial charge is 0.149 e. The van der Waals surface area contributed by atoms with Gasteiger partial charge in [0.25, 0.3) is 0 Å². The second-order valence-corrected chi connectivity index (χ2v) is 5.51. The van der Waals surface area contributed by atoms with E-state index in [1.165, 1.54) is 0 Å². The van der Waals surface area contributed by atoms with Gasteiger partial charge in [0.2, 0.25) is 0 Å². The summed E-state index contributed by atoms with van der Waals surface area (Å²) in [5.41, 5.74) is 10.9. The first-order valence-electron chi connectivity index (χ1n) is 7.59. The first-order valence-corrected chi connectivity index (χ1v) is 7.59. The second-order valence-electron chi connectivity index (χ2n) is 5.51. The predicted octanol–water partition coefficient (Wildman–Crippen LogP) is 3.43. The summed E-state index contributed by atoms with van der Waals surface area (Å²) in [6.07, 6.45) is 5.42. The van der Waals surface area contributed by atoms with E-state index in [1.54, 1.807) is 12.4 Å². The Morgan fingerprint density at radius 3 is 2.67 bits per heavy atom. The molecule has 0 amide bonds. The van der Waals surface area contributed by atoms with E-state index in [0.717, 1.165) is 34.1 Å². The van der Waals surface area contributed by atoms with Crippen LogP contribution in [-0.2, 0) is 0 Å². The van der Waals surface area contributed by atoms with E-state index in [0.29, 0.717) is 5.82 Å². The SMILES string of the molecule is Cc1nc2ccccn2c1-c1cncc(Nc2ccc(N)cc2)n1. The Morgan fingerprint density at radius 2 is 1.83 bits per heavy atom. The number of hydrogen-bond acceptors (Lipinski definition) is 5. The molecule has 0 radical (unpaired) electrons. The fraction of sp³-hybridized carbons (Fsp3) is 0.0556. The van der Waals surface area contributed by atoms with Crippen molar-refractivity contribution in [3.63, 3.8) is 0 Å². The molecule has 0 unspecified atom stereocenters. The van der Waals surface area contributed by atoms with Gasteiger partial charge in [-0.1, -0.05) is 6.07 Å². The van der Waals surface area contributed by atoms with E-state index >= 15 is 0 Å². The topological polar surface area (TPSA) is 81.1 Å². The molecule has 0 saturated heterocycles. The highest BCUT2D eigenvalue weighted by Gasteiger charge is 2.12. The molecule has 118 valence electrons. The van der Waals surface area contributed by atoms with Gasteiger partial charge < -0.3 is 11.1 Å². The number of nitrogens with one attached hydrogen (secondary N) is 1. The average Bonchev–Trinajstić information content (AvgIpc) is 2.93. The number of nitrogen functional groups attached to an aromatic ring is 1. The van der Waals surface area contributed by atoms with Gasteiger partial charge in [-0.3, -0.25) is 9.38 Å². The van der Waals surface area contributed by atoms with E-state index in [1.807, 2.05) is 60.0 Å². The predicted molar refractivity (Wildman–Crippen MR) is 95.1 cm³/mol. The van der Waals surface area contributed by atoms with Crippen LogP contribution in [0.1, 0.15) is 5.69 Å². The Kier molecular flexibility index (Phi) is 3.35. The highest BCUT2D eigenvalue weighted by atomic mass is 15.1. The van der Waals surface area contributed by atoms with Gasteiger partial charge in [-0.05, 0) is 43.3 Å². The van der Waals surface area contributed by atoms with Crippen LogP contribution in [0.25, 0.3) is 17.0 Å². The number of pyridine rings is 1. The van der Waals surface area contributed by atoms with Gasteiger partial charge in [0, 0.05) is 17.6 Å². The zero-order valence-corrected chi connectivity index (χ0v) is 13.1. The molecule has 6 nitrogen and oxygen atoms in total. The van der Waals surface area contributed by atoms with Crippen LogP contribution >= 0.6 is 0 Å². The van der Waals surface area contributed by atoms with Gasteiger partial charge in [-0.15, -0.1) is 0 Å². The van der Waals surface area contributed by atoms with Crippen LogP contribution in [0, 0.1) is 6.92 Å². The first-order chi connectivity index (χ1) is 11.7. The maximum absolute atomic E-state index is 5.71. The average molecular weight is 316 g/mol. The highest BCUT2D eigenvalue weighted by Crippen LogP contribution is 2.24. The number of hydrogen-bond donors (Lipinski definition) is 2. The fourth-order valence-corrected chi connectivity index (χ4v) is 2.68. The molecule has 0 bridgehead atoms. The van der Waals surface area contributed by atoms with E-state index in [9.17, 15) is 0 Å². The summed E-state index contributed by atoms with van der Waals surface area (Å²) in [5, 5.41) is 3.24. The van der Waals surface area contributed by atoms with Gasteiger partial charge in [0.1, 0.15) is 17.2 Å². The summed E-state index contributed by atoms with van der Waals surface area (Å²) in [5.74, 6) is 0.669. The number of imidazole rings is 1. The molecule has 0 aliphatic rings. The molecule has 0 atom stereocenters.